The maximum atomic E-state index is 15.2. The van der Waals surface area contributed by atoms with Crippen LogP contribution in [-0.4, -0.2) is 81.8 Å². The van der Waals surface area contributed by atoms with Crippen LogP contribution in [-0.2, 0) is 4.74 Å². The summed E-state index contributed by atoms with van der Waals surface area (Å²) in [5, 5.41) is 0.507. The summed E-state index contributed by atoms with van der Waals surface area (Å²) in [6, 6.07) is 0.0299. The summed E-state index contributed by atoms with van der Waals surface area (Å²) in [6.07, 6.45) is 3.39. The third-order valence-electron chi connectivity index (χ3n) is 6.13. The maximum Gasteiger partial charge on any atom is 0.410 e. The Morgan fingerprint density at radius 1 is 1.22 bits per heavy atom. The molecule has 2 atom stereocenters. The fraction of sp³-hybridized carbons (Fsp3) is 0.619. The minimum absolute atomic E-state index is 0.0149. The number of rotatable bonds is 2. The van der Waals surface area contributed by atoms with Gasteiger partial charge in [-0.1, -0.05) is 23.4 Å². The monoisotopic (exact) mass is 480 g/mol. The number of aliphatic imine (C=N–C) groups is 1. The number of anilines is 1. The largest absolute Gasteiger partial charge is 0.444 e. The van der Waals surface area contributed by atoms with E-state index in [9.17, 15) is 4.79 Å². The molecule has 4 aliphatic rings. The highest BCUT2D eigenvalue weighted by molar-refractivity contribution is 7.98. The number of fused-ring (bicyclic) bond motifs is 5. The molecule has 0 N–H and O–H groups in total. The van der Waals surface area contributed by atoms with Gasteiger partial charge in [0.15, 0.2) is 11.0 Å². The van der Waals surface area contributed by atoms with Crippen molar-refractivity contribution in [1.29, 1.82) is 0 Å². The number of carbonyl (C=O) groups is 1. The number of hydrogen-bond acceptors (Lipinski definition) is 8. The molecule has 32 heavy (non-hydrogen) atoms. The van der Waals surface area contributed by atoms with Gasteiger partial charge in [-0.25, -0.2) is 19.2 Å². The summed E-state index contributed by atoms with van der Waals surface area (Å²) in [4.78, 5) is 32.4. The van der Waals surface area contributed by atoms with Gasteiger partial charge in [0.1, 0.15) is 28.1 Å². The molecule has 5 rings (SSSR count). The molecule has 0 unspecified atom stereocenters. The van der Waals surface area contributed by atoms with Crippen LogP contribution in [0.5, 0.6) is 0 Å². The first-order valence-electron chi connectivity index (χ1n) is 10.8. The lowest BCUT2D eigenvalue weighted by Gasteiger charge is -2.42. The molecule has 2 bridgehead atoms. The predicted molar refractivity (Wildman–Crippen MR) is 123 cm³/mol. The standard InChI is InChI=1S/C21H26ClFN6O2S/c1-21(2,3)31-20(30)29-11-5-6-12(29)10-27(9-11)18-13-15(25-19(26-18)32-4)14(23)16(22)28-8-7-24-17(13)28/h11-12H,5-10H2,1-4H3/t11-,12+. The summed E-state index contributed by atoms with van der Waals surface area (Å²) in [5.41, 5.74) is 0.246. The van der Waals surface area contributed by atoms with E-state index >= 15 is 4.39 Å². The lowest BCUT2D eigenvalue weighted by atomic mass is 10.1. The number of piperazine rings is 1. The molecule has 4 aliphatic heterocycles. The SMILES string of the molecule is CSc1nc2c(c(N3C[C@H]4CC[C@@H](C3)N4C(=O)OC(C)(C)C)n1)C1=NCCN1C(Cl)=C2F. The van der Waals surface area contributed by atoms with Crippen LogP contribution in [0.3, 0.4) is 0 Å². The Morgan fingerprint density at radius 2 is 1.91 bits per heavy atom. The Morgan fingerprint density at radius 3 is 2.53 bits per heavy atom. The second-order valence-corrected chi connectivity index (χ2v) is 10.5. The molecule has 8 nitrogen and oxygen atoms in total. The lowest BCUT2D eigenvalue weighted by Crippen LogP contribution is -2.57. The van der Waals surface area contributed by atoms with Crippen molar-refractivity contribution in [2.75, 3.05) is 37.3 Å². The number of carbonyl (C=O) groups excluding carboxylic acids is 1. The van der Waals surface area contributed by atoms with Gasteiger partial charge in [0.2, 0.25) is 0 Å². The van der Waals surface area contributed by atoms with Gasteiger partial charge < -0.3 is 14.5 Å². The van der Waals surface area contributed by atoms with Crippen molar-refractivity contribution in [3.63, 3.8) is 0 Å². The summed E-state index contributed by atoms with van der Waals surface area (Å²) in [7, 11) is 0. The second kappa shape index (κ2) is 7.76. The highest BCUT2D eigenvalue weighted by Crippen LogP contribution is 2.42. The first kappa shape index (κ1) is 21.8. The molecule has 5 heterocycles. The number of amides is 1. The zero-order valence-electron chi connectivity index (χ0n) is 18.6. The van der Waals surface area contributed by atoms with Crippen LogP contribution in [0.4, 0.5) is 15.0 Å². The molecule has 0 spiro atoms. The number of aromatic nitrogens is 2. The number of amidine groups is 1. The molecule has 1 amide bonds. The van der Waals surface area contributed by atoms with Crippen molar-refractivity contribution in [2.45, 2.75) is 56.5 Å². The molecule has 172 valence electrons. The van der Waals surface area contributed by atoms with Gasteiger partial charge in [-0.2, -0.15) is 0 Å². The fourth-order valence-corrected chi connectivity index (χ4v) is 5.49. The number of hydrogen-bond donors (Lipinski definition) is 0. The maximum absolute atomic E-state index is 15.2. The fourth-order valence-electron chi connectivity index (χ4n) is 4.87. The van der Waals surface area contributed by atoms with E-state index in [1.807, 2.05) is 31.9 Å². The Labute approximate surface area is 195 Å². The highest BCUT2D eigenvalue weighted by atomic mass is 35.5. The molecular formula is C21H26ClFN6O2S. The Kier molecular flexibility index (Phi) is 5.28. The van der Waals surface area contributed by atoms with Gasteiger partial charge in [0.25, 0.3) is 0 Å². The van der Waals surface area contributed by atoms with E-state index < -0.39 is 11.4 Å². The van der Waals surface area contributed by atoms with Crippen LogP contribution < -0.4 is 4.90 Å². The molecule has 0 saturated carbocycles. The molecule has 0 aliphatic carbocycles. The first-order valence-corrected chi connectivity index (χ1v) is 12.4. The van der Waals surface area contributed by atoms with Gasteiger partial charge in [-0.05, 0) is 39.9 Å². The van der Waals surface area contributed by atoms with Gasteiger partial charge in [-0.3, -0.25) is 9.89 Å². The van der Waals surface area contributed by atoms with E-state index in [0.717, 1.165) is 12.8 Å². The van der Waals surface area contributed by atoms with Crippen LogP contribution >= 0.6 is 23.4 Å². The van der Waals surface area contributed by atoms with E-state index in [4.69, 9.17) is 21.3 Å². The van der Waals surface area contributed by atoms with Crippen LogP contribution in [0.2, 0.25) is 0 Å². The molecular weight excluding hydrogens is 455 g/mol. The molecule has 0 aromatic carbocycles. The van der Waals surface area contributed by atoms with Crippen molar-refractivity contribution in [1.82, 2.24) is 19.8 Å². The summed E-state index contributed by atoms with van der Waals surface area (Å²) < 4.78 is 20.9. The van der Waals surface area contributed by atoms with Gasteiger partial charge in [-0.15, -0.1) is 0 Å². The van der Waals surface area contributed by atoms with Crippen molar-refractivity contribution >= 4 is 46.9 Å². The zero-order chi connectivity index (χ0) is 22.8. The van der Waals surface area contributed by atoms with Crippen molar-refractivity contribution in [2.24, 2.45) is 4.99 Å². The third-order valence-corrected chi connectivity index (χ3v) is 7.05. The molecule has 1 aromatic rings. The predicted octanol–water partition coefficient (Wildman–Crippen LogP) is 3.70. The van der Waals surface area contributed by atoms with E-state index in [1.165, 1.54) is 11.8 Å². The number of nitrogens with zero attached hydrogens (tertiary/aromatic N) is 6. The first-order chi connectivity index (χ1) is 15.2. The minimum atomic E-state index is -0.545. The molecule has 11 heteroatoms. The van der Waals surface area contributed by atoms with Gasteiger partial charge in [0, 0.05) is 19.6 Å². The van der Waals surface area contributed by atoms with Crippen molar-refractivity contribution in [3.05, 3.63) is 16.4 Å². The van der Waals surface area contributed by atoms with Crippen LogP contribution in [0.1, 0.15) is 44.9 Å². The normalized spacial score (nSPS) is 24.6. The van der Waals surface area contributed by atoms with Crippen molar-refractivity contribution in [3.8, 4) is 0 Å². The van der Waals surface area contributed by atoms with Crippen LogP contribution in [0.15, 0.2) is 15.3 Å². The average Bonchev–Trinajstić information content (AvgIpc) is 3.32. The van der Waals surface area contributed by atoms with E-state index in [0.29, 0.717) is 48.6 Å². The molecule has 2 fully saturated rings. The van der Waals surface area contributed by atoms with Gasteiger partial charge in [0.05, 0.1) is 24.2 Å². The Hall–Kier alpha value is -2.07. The third kappa shape index (κ3) is 3.51. The van der Waals surface area contributed by atoms with E-state index in [1.54, 1.807) is 4.90 Å². The quantitative estimate of drug-likeness (QED) is 0.363. The van der Waals surface area contributed by atoms with Crippen molar-refractivity contribution < 1.29 is 13.9 Å². The zero-order valence-corrected chi connectivity index (χ0v) is 20.1. The average molecular weight is 481 g/mol. The summed E-state index contributed by atoms with van der Waals surface area (Å²) in [5.74, 6) is 0.734. The van der Waals surface area contributed by atoms with E-state index in [2.05, 4.69) is 14.9 Å². The van der Waals surface area contributed by atoms with Crippen LogP contribution in [0.25, 0.3) is 5.83 Å². The Bertz CT molecular complexity index is 1030. The molecule has 1 aromatic heterocycles. The minimum Gasteiger partial charge on any atom is -0.444 e. The highest BCUT2D eigenvalue weighted by Gasteiger charge is 2.46. The Balaban J connectivity index is 1.52. The van der Waals surface area contributed by atoms with Gasteiger partial charge >= 0.3 is 6.09 Å². The topological polar surface area (TPSA) is 74.2 Å². The summed E-state index contributed by atoms with van der Waals surface area (Å²) >= 11 is 7.66. The van der Waals surface area contributed by atoms with E-state index in [-0.39, 0.29) is 29.0 Å². The smallest absolute Gasteiger partial charge is 0.410 e. The number of ether oxygens (including phenoxy) is 1. The summed E-state index contributed by atoms with van der Waals surface area (Å²) in [6.45, 7) is 7.89. The second-order valence-electron chi connectivity index (χ2n) is 9.40. The molecule has 0 radical (unpaired) electrons. The molecule has 2 saturated heterocycles. The lowest BCUT2D eigenvalue weighted by molar-refractivity contribution is 0.0122. The number of halogens is 2. The number of thioether (sulfide) groups is 1. The van der Waals surface area contributed by atoms with Crippen LogP contribution in [0, 0.1) is 0 Å².